The molecular weight excluding hydrogens is 228 g/mol. The second kappa shape index (κ2) is 4.71. The van der Waals surface area contributed by atoms with Gasteiger partial charge in [0.25, 0.3) is 0 Å². The van der Waals surface area contributed by atoms with E-state index in [1.54, 1.807) is 42.7 Å². The van der Waals surface area contributed by atoms with Crippen LogP contribution in [0.1, 0.15) is 21.5 Å². The molecule has 0 fully saturated rings. The van der Waals surface area contributed by atoms with E-state index < -0.39 is 0 Å². The minimum atomic E-state index is -0.334. The average Bonchev–Trinajstić information content (AvgIpc) is 2.37. The summed E-state index contributed by atoms with van der Waals surface area (Å²) in [5.41, 5.74) is 12.8. The molecule has 1 radical (unpaired) electrons. The molecular formula is C14H11N2O2. The average molecular weight is 239 g/mol. The lowest BCUT2D eigenvalue weighted by Crippen LogP contribution is -2.09. The molecule has 4 heteroatoms. The van der Waals surface area contributed by atoms with Crippen molar-refractivity contribution in [3.63, 3.8) is 0 Å². The number of anilines is 2. The summed E-state index contributed by atoms with van der Waals surface area (Å²) in [6.07, 6.45) is 1.72. The number of ketones is 1. The van der Waals surface area contributed by atoms with Crippen LogP contribution in [0.5, 0.6) is 0 Å². The summed E-state index contributed by atoms with van der Waals surface area (Å²) in [6, 6.07) is 11.2. The van der Waals surface area contributed by atoms with Crippen LogP contribution in [-0.2, 0) is 4.79 Å². The molecule has 2 aromatic rings. The molecule has 0 bridgehead atoms. The van der Waals surface area contributed by atoms with Gasteiger partial charge in [-0.2, -0.15) is 0 Å². The van der Waals surface area contributed by atoms with Gasteiger partial charge in [-0.1, -0.05) is 24.3 Å². The van der Waals surface area contributed by atoms with E-state index in [-0.39, 0.29) is 22.6 Å². The number of carbonyl (C=O) groups is 1. The van der Waals surface area contributed by atoms with Crippen molar-refractivity contribution in [2.24, 2.45) is 0 Å². The van der Waals surface area contributed by atoms with Crippen LogP contribution in [0.4, 0.5) is 11.4 Å². The van der Waals surface area contributed by atoms with Crippen LogP contribution in [0, 0.1) is 0 Å². The zero-order valence-corrected chi connectivity index (χ0v) is 9.51. The van der Waals surface area contributed by atoms with Gasteiger partial charge < -0.3 is 11.5 Å². The molecule has 0 aromatic heterocycles. The summed E-state index contributed by atoms with van der Waals surface area (Å²) >= 11 is 0. The van der Waals surface area contributed by atoms with Gasteiger partial charge in [-0.3, -0.25) is 9.59 Å². The lowest BCUT2D eigenvalue weighted by Gasteiger charge is -2.07. The number of carbonyl (C=O) groups excluding carboxylic acids is 2. The first-order valence-corrected chi connectivity index (χ1v) is 5.30. The molecule has 0 aliphatic heterocycles. The Bertz CT molecular complexity index is 621. The second-order valence-corrected chi connectivity index (χ2v) is 3.83. The van der Waals surface area contributed by atoms with E-state index in [9.17, 15) is 9.59 Å². The third-order valence-electron chi connectivity index (χ3n) is 2.58. The molecule has 0 saturated carbocycles. The van der Waals surface area contributed by atoms with Crippen LogP contribution in [0.15, 0.2) is 42.5 Å². The molecule has 18 heavy (non-hydrogen) atoms. The van der Waals surface area contributed by atoms with E-state index in [1.807, 2.05) is 0 Å². The van der Waals surface area contributed by atoms with Gasteiger partial charge in [-0.15, -0.1) is 0 Å². The number of benzene rings is 2. The maximum Gasteiger partial charge on any atom is 0.234 e. The fraction of sp³-hybridized carbons (Fsp3) is 0. The van der Waals surface area contributed by atoms with Crippen molar-refractivity contribution < 1.29 is 9.59 Å². The van der Waals surface area contributed by atoms with Crippen LogP contribution in [-0.4, -0.2) is 12.1 Å². The summed E-state index contributed by atoms with van der Waals surface area (Å²) in [4.78, 5) is 23.1. The van der Waals surface area contributed by atoms with Crippen LogP contribution < -0.4 is 11.5 Å². The molecule has 89 valence electrons. The minimum absolute atomic E-state index is 0.155. The molecule has 0 aliphatic rings. The van der Waals surface area contributed by atoms with Gasteiger partial charge in [0, 0.05) is 22.5 Å². The van der Waals surface area contributed by atoms with Crippen molar-refractivity contribution in [1.29, 1.82) is 0 Å². The van der Waals surface area contributed by atoms with E-state index in [0.29, 0.717) is 11.3 Å². The van der Waals surface area contributed by atoms with Gasteiger partial charge in [0.2, 0.25) is 6.29 Å². The third kappa shape index (κ3) is 2.08. The predicted octanol–water partition coefficient (Wildman–Crippen LogP) is 1.54. The van der Waals surface area contributed by atoms with Crippen molar-refractivity contribution in [2.75, 3.05) is 11.5 Å². The summed E-state index contributed by atoms with van der Waals surface area (Å²) in [7, 11) is 0. The number of nitrogen functional groups attached to an aromatic ring is 2. The van der Waals surface area contributed by atoms with Gasteiger partial charge >= 0.3 is 0 Å². The molecule has 0 spiro atoms. The summed E-state index contributed by atoms with van der Waals surface area (Å²) < 4.78 is 0. The van der Waals surface area contributed by atoms with E-state index in [0.717, 1.165) is 0 Å². The minimum Gasteiger partial charge on any atom is -0.399 e. The lowest BCUT2D eigenvalue weighted by molar-refractivity contribution is 0.103. The standard InChI is InChI=1S/C14H11N2O2/c15-11-5-1-3-9(7-11)14(18)13-10(8-17)4-2-6-12(13)16/h1-7H,15-16H2. The normalized spacial score (nSPS) is 10.0. The Morgan fingerprint density at radius 2 is 1.78 bits per heavy atom. The van der Waals surface area contributed by atoms with Crippen molar-refractivity contribution in [3.05, 3.63) is 59.2 Å². The maximum atomic E-state index is 12.3. The van der Waals surface area contributed by atoms with Crippen LogP contribution in [0.25, 0.3) is 0 Å². The van der Waals surface area contributed by atoms with Crippen molar-refractivity contribution in [2.45, 2.75) is 0 Å². The molecule has 0 amide bonds. The maximum absolute atomic E-state index is 12.3. The fourth-order valence-electron chi connectivity index (χ4n) is 1.73. The second-order valence-electron chi connectivity index (χ2n) is 3.83. The Morgan fingerprint density at radius 1 is 1.06 bits per heavy atom. The van der Waals surface area contributed by atoms with Gasteiger partial charge in [0.15, 0.2) is 5.78 Å². The predicted molar refractivity (Wildman–Crippen MR) is 69.9 cm³/mol. The van der Waals surface area contributed by atoms with E-state index >= 15 is 0 Å². The van der Waals surface area contributed by atoms with Crippen LogP contribution >= 0.6 is 0 Å². The Balaban J connectivity index is 2.56. The van der Waals surface area contributed by atoms with Gasteiger partial charge in [-0.05, 0) is 18.2 Å². The fourth-order valence-corrected chi connectivity index (χ4v) is 1.73. The SMILES string of the molecule is Nc1cccc(C(=O)c2c(N)cccc2[C]=O)c1. The smallest absolute Gasteiger partial charge is 0.234 e. The molecule has 0 unspecified atom stereocenters. The number of hydrogen-bond donors (Lipinski definition) is 2. The first-order chi connectivity index (χ1) is 8.63. The molecule has 2 rings (SSSR count). The largest absolute Gasteiger partial charge is 0.399 e. The van der Waals surface area contributed by atoms with Crippen LogP contribution in [0.2, 0.25) is 0 Å². The van der Waals surface area contributed by atoms with Crippen molar-refractivity contribution in [1.82, 2.24) is 0 Å². The number of nitrogens with two attached hydrogens (primary N) is 2. The summed E-state index contributed by atoms with van der Waals surface area (Å²) in [6.45, 7) is 0. The zero-order valence-electron chi connectivity index (χ0n) is 9.51. The molecule has 0 atom stereocenters. The highest BCUT2D eigenvalue weighted by Crippen LogP contribution is 2.20. The molecule has 4 N–H and O–H groups in total. The Labute approximate surface area is 104 Å². The van der Waals surface area contributed by atoms with Gasteiger partial charge in [0.1, 0.15) is 0 Å². The highest BCUT2D eigenvalue weighted by atomic mass is 16.1. The monoisotopic (exact) mass is 239 g/mol. The van der Waals surface area contributed by atoms with Crippen molar-refractivity contribution in [3.8, 4) is 0 Å². The molecule has 0 saturated heterocycles. The first kappa shape index (κ1) is 11.9. The highest BCUT2D eigenvalue weighted by molar-refractivity contribution is 6.16. The molecule has 4 nitrogen and oxygen atoms in total. The van der Waals surface area contributed by atoms with E-state index in [2.05, 4.69) is 0 Å². The third-order valence-corrected chi connectivity index (χ3v) is 2.58. The Hall–Kier alpha value is -2.62. The summed E-state index contributed by atoms with van der Waals surface area (Å²) in [5.74, 6) is -0.334. The Kier molecular flexibility index (Phi) is 3.10. The van der Waals surface area contributed by atoms with E-state index in [4.69, 9.17) is 11.5 Å². The Morgan fingerprint density at radius 3 is 2.44 bits per heavy atom. The van der Waals surface area contributed by atoms with Crippen LogP contribution in [0.3, 0.4) is 0 Å². The number of rotatable bonds is 3. The topological polar surface area (TPSA) is 86.2 Å². The number of hydrogen-bond acceptors (Lipinski definition) is 4. The summed E-state index contributed by atoms with van der Waals surface area (Å²) in [5, 5.41) is 0. The first-order valence-electron chi connectivity index (χ1n) is 5.30. The quantitative estimate of drug-likeness (QED) is 0.628. The highest BCUT2D eigenvalue weighted by Gasteiger charge is 2.16. The molecule has 2 aromatic carbocycles. The lowest BCUT2D eigenvalue weighted by atomic mass is 9.97. The van der Waals surface area contributed by atoms with Gasteiger partial charge in [0.05, 0.1) is 5.56 Å². The van der Waals surface area contributed by atoms with Gasteiger partial charge in [-0.25, -0.2) is 0 Å². The zero-order chi connectivity index (χ0) is 13.1. The van der Waals surface area contributed by atoms with E-state index in [1.165, 1.54) is 6.07 Å². The molecule has 0 heterocycles. The molecule has 0 aliphatic carbocycles. The van der Waals surface area contributed by atoms with Crippen molar-refractivity contribution >= 4 is 23.4 Å².